The fourth-order valence-electron chi connectivity index (χ4n) is 2.33. The van der Waals surface area contributed by atoms with Crippen molar-refractivity contribution in [2.24, 2.45) is 0 Å². The first-order valence-electron chi connectivity index (χ1n) is 7.43. The molecule has 0 amide bonds. The maximum Gasteiger partial charge on any atom is 0.0949 e. The highest BCUT2D eigenvalue weighted by Crippen LogP contribution is 2.28. The molecule has 0 aliphatic carbocycles. The lowest BCUT2D eigenvalue weighted by atomic mass is 10.0. The van der Waals surface area contributed by atoms with E-state index in [1.54, 1.807) is 11.3 Å². The minimum absolute atomic E-state index is 0.225. The Labute approximate surface area is 136 Å². The molecule has 0 saturated heterocycles. The maximum atomic E-state index is 6.45. The third-order valence-electron chi connectivity index (χ3n) is 3.62. The molecule has 1 unspecified atom stereocenters. The van der Waals surface area contributed by atoms with Crippen LogP contribution in [-0.2, 0) is 6.42 Å². The summed E-state index contributed by atoms with van der Waals surface area (Å²) in [7, 11) is 0. The van der Waals surface area contributed by atoms with E-state index in [1.165, 1.54) is 21.0 Å². The van der Waals surface area contributed by atoms with Gasteiger partial charge in [-0.3, -0.25) is 0 Å². The zero-order chi connectivity index (χ0) is 15.4. The average Bonchev–Trinajstić information content (AvgIpc) is 2.74. The quantitative estimate of drug-likeness (QED) is 0.809. The van der Waals surface area contributed by atoms with Gasteiger partial charge in [0, 0.05) is 22.4 Å². The van der Waals surface area contributed by atoms with Crippen LogP contribution in [0.2, 0.25) is 5.02 Å². The second-order valence-corrected chi connectivity index (χ2v) is 7.18. The number of nitrogens with one attached hydrogen (secondary N) is 1. The Morgan fingerprint density at radius 2 is 2.05 bits per heavy atom. The summed E-state index contributed by atoms with van der Waals surface area (Å²) in [5, 5.41) is 5.62. The summed E-state index contributed by atoms with van der Waals surface area (Å²) in [6.45, 7) is 9.43. The Balaban J connectivity index is 2.24. The second kappa shape index (κ2) is 7.39. The molecule has 2 nitrogen and oxygen atoms in total. The molecule has 1 heterocycles. The van der Waals surface area contributed by atoms with Crippen molar-refractivity contribution in [2.45, 2.75) is 46.6 Å². The normalized spacial score (nSPS) is 12.6. The van der Waals surface area contributed by atoms with Crippen LogP contribution in [0.25, 0.3) is 0 Å². The summed E-state index contributed by atoms with van der Waals surface area (Å²) in [5.41, 5.74) is 3.50. The van der Waals surface area contributed by atoms with Gasteiger partial charge in [-0.05, 0) is 50.9 Å². The van der Waals surface area contributed by atoms with Gasteiger partial charge in [0.05, 0.1) is 10.7 Å². The molecule has 1 aromatic heterocycles. The summed E-state index contributed by atoms with van der Waals surface area (Å²) in [5.74, 6) is 0. The van der Waals surface area contributed by atoms with Crippen LogP contribution in [0.3, 0.4) is 0 Å². The maximum absolute atomic E-state index is 6.45. The lowest BCUT2D eigenvalue weighted by Crippen LogP contribution is -2.24. The molecular formula is C17H23ClN2S. The van der Waals surface area contributed by atoms with Crippen LogP contribution in [0.4, 0.5) is 0 Å². The molecule has 1 aromatic carbocycles. The lowest BCUT2D eigenvalue weighted by Gasteiger charge is -2.19. The van der Waals surface area contributed by atoms with E-state index in [1.807, 2.05) is 6.07 Å². The molecule has 0 aliphatic heterocycles. The van der Waals surface area contributed by atoms with Crippen LogP contribution < -0.4 is 5.32 Å². The van der Waals surface area contributed by atoms with Gasteiger partial charge in [-0.15, -0.1) is 11.3 Å². The van der Waals surface area contributed by atoms with Crippen molar-refractivity contribution < 1.29 is 0 Å². The Bertz CT molecular complexity index is 587. The van der Waals surface area contributed by atoms with Gasteiger partial charge >= 0.3 is 0 Å². The molecular weight excluding hydrogens is 300 g/mol. The summed E-state index contributed by atoms with van der Waals surface area (Å²) in [4.78, 5) is 5.97. The molecule has 1 atom stereocenters. The minimum Gasteiger partial charge on any atom is -0.310 e. The van der Waals surface area contributed by atoms with E-state index in [9.17, 15) is 0 Å². The highest BCUT2D eigenvalue weighted by atomic mass is 35.5. The zero-order valence-electron chi connectivity index (χ0n) is 13.2. The Kier molecular flexibility index (Phi) is 5.80. The molecule has 21 heavy (non-hydrogen) atoms. The van der Waals surface area contributed by atoms with Gasteiger partial charge < -0.3 is 5.32 Å². The Hall–Kier alpha value is -0.900. The van der Waals surface area contributed by atoms with Crippen molar-refractivity contribution >= 4 is 22.9 Å². The minimum atomic E-state index is 0.225. The number of aryl methyl sites for hydroxylation is 3. The van der Waals surface area contributed by atoms with Crippen molar-refractivity contribution in [1.29, 1.82) is 0 Å². The number of benzene rings is 1. The number of hydrogen-bond donors (Lipinski definition) is 1. The summed E-state index contributed by atoms with van der Waals surface area (Å²) in [6.07, 6.45) is 2.00. The number of hydrogen-bond acceptors (Lipinski definition) is 3. The number of nitrogens with zero attached hydrogens (tertiary/aromatic N) is 1. The van der Waals surface area contributed by atoms with Gasteiger partial charge in [0.15, 0.2) is 0 Å². The molecule has 0 saturated carbocycles. The number of thiazole rings is 1. The molecule has 0 bridgehead atoms. The molecule has 4 heteroatoms. The van der Waals surface area contributed by atoms with Crippen LogP contribution >= 0.6 is 22.9 Å². The van der Waals surface area contributed by atoms with Crippen LogP contribution in [-0.4, -0.2) is 11.5 Å². The molecule has 1 N–H and O–H groups in total. The van der Waals surface area contributed by atoms with Crippen molar-refractivity contribution in [3.8, 4) is 0 Å². The van der Waals surface area contributed by atoms with Gasteiger partial charge in [-0.25, -0.2) is 4.98 Å². The molecule has 0 spiro atoms. The first kappa shape index (κ1) is 16.5. The number of rotatable bonds is 6. The largest absolute Gasteiger partial charge is 0.310 e. The zero-order valence-corrected chi connectivity index (χ0v) is 14.7. The fraction of sp³-hybridized carbons (Fsp3) is 0.471. The molecule has 0 radical (unpaired) electrons. The van der Waals surface area contributed by atoms with Crippen LogP contribution in [0.5, 0.6) is 0 Å². The molecule has 2 aromatic rings. The standard InChI is InChI=1S/C17H23ClN2S/c1-5-8-19-16(10-17-20-12(3)13(4)21-17)14-7-6-11(2)9-15(14)18/h6-7,9,16,19H,5,8,10H2,1-4H3. The number of halogens is 1. The van der Waals surface area contributed by atoms with Crippen molar-refractivity contribution in [2.75, 3.05) is 6.54 Å². The van der Waals surface area contributed by atoms with Crippen molar-refractivity contribution in [3.63, 3.8) is 0 Å². The molecule has 0 fully saturated rings. The van der Waals surface area contributed by atoms with Crippen molar-refractivity contribution in [1.82, 2.24) is 10.3 Å². The van der Waals surface area contributed by atoms with Crippen LogP contribution in [0, 0.1) is 20.8 Å². The molecule has 0 aliphatic rings. The SMILES string of the molecule is CCCNC(Cc1nc(C)c(C)s1)c1ccc(C)cc1Cl. The third-order valence-corrected chi connectivity index (χ3v) is 5.05. The predicted octanol–water partition coefficient (Wildman–Crippen LogP) is 5.01. The van der Waals surface area contributed by atoms with Gasteiger partial charge in [0.1, 0.15) is 0 Å². The van der Waals surface area contributed by atoms with E-state index in [-0.39, 0.29) is 6.04 Å². The average molecular weight is 323 g/mol. The molecule has 114 valence electrons. The first-order chi connectivity index (χ1) is 10.0. The van der Waals surface area contributed by atoms with Crippen LogP contribution in [0.1, 0.15) is 46.1 Å². The summed E-state index contributed by atoms with van der Waals surface area (Å²) in [6, 6.07) is 6.52. The summed E-state index contributed by atoms with van der Waals surface area (Å²) >= 11 is 8.23. The third kappa shape index (κ3) is 4.29. The predicted molar refractivity (Wildman–Crippen MR) is 92.5 cm³/mol. The van der Waals surface area contributed by atoms with E-state index in [4.69, 9.17) is 11.6 Å². The van der Waals surface area contributed by atoms with Gasteiger partial charge in [-0.1, -0.05) is 30.7 Å². The highest BCUT2D eigenvalue weighted by Gasteiger charge is 2.17. The number of aromatic nitrogens is 1. The van der Waals surface area contributed by atoms with E-state index in [0.29, 0.717) is 0 Å². The fourth-order valence-corrected chi connectivity index (χ4v) is 3.67. The Morgan fingerprint density at radius 1 is 1.29 bits per heavy atom. The smallest absolute Gasteiger partial charge is 0.0949 e. The lowest BCUT2D eigenvalue weighted by molar-refractivity contribution is 0.528. The van der Waals surface area contributed by atoms with Crippen molar-refractivity contribution in [3.05, 3.63) is 49.9 Å². The Morgan fingerprint density at radius 3 is 2.62 bits per heavy atom. The second-order valence-electron chi connectivity index (χ2n) is 5.49. The van der Waals surface area contributed by atoms with E-state index in [2.05, 4.69) is 50.1 Å². The van der Waals surface area contributed by atoms with E-state index < -0.39 is 0 Å². The van der Waals surface area contributed by atoms with Gasteiger partial charge in [-0.2, -0.15) is 0 Å². The van der Waals surface area contributed by atoms with Gasteiger partial charge in [0.25, 0.3) is 0 Å². The summed E-state index contributed by atoms with van der Waals surface area (Å²) < 4.78 is 0. The van der Waals surface area contributed by atoms with Crippen LogP contribution in [0.15, 0.2) is 18.2 Å². The highest BCUT2D eigenvalue weighted by molar-refractivity contribution is 7.11. The monoisotopic (exact) mass is 322 g/mol. The van der Waals surface area contributed by atoms with E-state index in [0.717, 1.165) is 30.1 Å². The topological polar surface area (TPSA) is 24.9 Å². The van der Waals surface area contributed by atoms with E-state index >= 15 is 0 Å². The first-order valence-corrected chi connectivity index (χ1v) is 8.63. The van der Waals surface area contributed by atoms with Gasteiger partial charge in [0.2, 0.25) is 0 Å². The molecule has 2 rings (SSSR count).